The Hall–Kier alpha value is -2.02. The van der Waals surface area contributed by atoms with Gasteiger partial charge in [0.1, 0.15) is 11.2 Å². The van der Waals surface area contributed by atoms with E-state index < -0.39 is 5.41 Å². The highest BCUT2D eigenvalue weighted by molar-refractivity contribution is 5.97. The summed E-state index contributed by atoms with van der Waals surface area (Å²) in [5, 5.41) is 11.5. The van der Waals surface area contributed by atoms with E-state index in [0.29, 0.717) is 11.4 Å². The maximum atomic E-state index is 11.7. The number of para-hydroxylation sites is 2. The number of rotatable bonds is 3. The first-order valence-electron chi connectivity index (χ1n) is 4.87. The quantitative estimate of drug-likeness (QED) is 0.845. The van der Waals surface area contributed by atoms with Crippen LogP contribution in [0.2, 0.25) is 0 Å². The molecule has 0 saturated carbocycles. The summed E-state index contributed by atoms with van der Waals surface area (Å²) in [7, 11) is 1.53. The fourth-order valence-electron chi connectivity index (χ4n) is 1.08. The summed E-state index contributed by atoms with van der Waals surface area (Å²) in [6.45, 7) is 3.13. The number of ether oxygens (including phenoxy) is 1. The minimum absolute atomic E-state index is 0.348. The molecule has 0 spiro atoms. The lowest BCUT2D eigenvalue weighted by atomic mass is 9.94. The minimum Gasteiger partial charge on any atom is -0.495 e. The highest BCUT2D eigenvalue weighted by atomic mass is 16.5. The van der Waals surface area contributed by atoms with Gasteiger partial charge in [-0.1, -0.05) is 12.1 Å². The Balaban J connectivity index is 2.90. The second kappa shape index (κ2) is 4.67. The van der Waals surface area contributed by atoms with Crippen molar-refractivity contribution in [1.82, 2.24) is 0 Å². The predicted molar refractivity (Wildman–Crippen MR) is 61.0 cm³/mol. The van der Waals surface area contributed by atoms with Gasteiger partial charge in [-0.2, -0.15) is 5.26 Å². The molecule has 0 radical (unpaired) electrons. The van der Waals surface area contributed by atoms with Crippen molar-refractivity contribution in [3.63, 3.8) is 0 Å². The maximum Gasteiger partial charge on any atom is 0.244 e. The van der Waals surface area contributed by atoms with Crippen LogP contribution in [0.15, 0.2) is 24.3 Å². The van der Waals surface area contributed by atoms with Crippen LogP contribution in [0.1, 0.15) is 13.8 Å². The van der Waals surface area contributed by atoms with E-state index in [1.54, 1.807) is 32.0 Å². The molecule has 0 bridgehead atoms. The van der Waals surface area contributed by atoms with Crippen molar-refractivity contribution in [2.45, 2.75) is 13.8 Å². The van der Waals surface area contributed by atoms with Crippen molar-refractivity contribution in [2.24, 2.45) is 5.41 Å². The fraction of sp³-hybridized carbons (Fsp3) is 0.333. The van der Waals surface area contributed by atoms with E-state index in [-0.39, 0.29) is 5.91 Å². The van der Waals surface area contributed by atoms with E-state index in [1.807, 2.05) is 12.1 Å². The molecular weight excluding hydrogens is 204 g/mol. The Labute approximate surface area is 94.8 Å². The zero-order chi connectivity index (χ0) is 12.2. The third-order valence-corrected chi connectivity index (χ3v) is 2.20. The van der Waals surface area contributed by atoms with Gasteiger partial charge in [-0.15, -0.1) is 0 Å². The minimum atomic E-state index is -1.05. The zero-order valence-electron chi connectivity index (χ0n) is 9.57. The molecule has 1 rings (SSSR count). The fourth-order valence-corrected chi connectivity index (χ4v) is 1.08. The average molecular weight is 218 g/mol. The topological polar surface area (TPSA) is 62.1 Å². The third kappa shape index (κ3) is 2.51. The van der Waals surface area contributed by atoms with Gasteiger partial charge < -0.3 is 10.1 Å². The van der Waals surface area contributed by atoms with Gasteiger partial charge in [-0.3, -0.25) is 4.79 Å². The summed E-state index contributed by atoms with van der Waals surface area (Å²) >= 11 is 0. The summed E-state index contributed by atoms with van der Waals surface area (Å²) in [4.78, 5) is 11.7. The van der Waals surface area contributed by atoms with Crippen LogP contribution in [-0.4, -0.2) is 13.0 Å². The molecule has 0 saturated heterocycles. The van der Waals surface area contributed by atoms with E-state index in [9.17, 15) is 4.79 Å². The Morgan fingerprint density at radius 1 is 1.44 bits per heavy atom. The number of carbonyl (C=O) groups excluding carboxylic acids is 1. The lowest BCUT2D eigenvalue weighted by Crippen LogP contribution is -2.29. The van der Waals surface area contributed by atoms with Gasteiger partial charge in [0.2, 0.25) is 5.91 Å². The Kier molecular flexibility index (Phi) is 3.51. The van der Waals surface area contributed by atoms with Crippen molar-refractivity contribution in [2.75, 3.05) is 12.4 Å². The van der Waals surface area contributed by atoms with Gasteiger partial charge in [0.25, 0.3) is 0 Å². The second-order valence-corrected chi connectivity index (χ2v) is 3.89. The number of carbonyl (C=O) groups is 1. The lowest BCUT2D eigenvalue weighted by Gasteiger charge is -2.16. The van der Waals surface area contributed by atoms with E-state index in [2.05, 4.69) is 5.32 Å². The van der Waals surface area contributed by atoms with Gasteiger partial charge in [-0.05, 0) is 26.0 Å². The normalized spacial score (nSPS) is 10.4. The Bertz CT molecular complexity index is 433. The third-order valence-electron chi connectivity index (χ3n) is 2.20. The van der Waals surface area contributed by atoms with Crippen LogP contribution in [-0.2, 0) is 4.79 Å². The van der Waals surface area contributed by atoms with Crippen LogP contribution in [0, 0.1) is 16.7 Å². The molecule has 0 aliphatic heterocycles. The SMILES string of the molecule is COc1ccccc1NC(=O)C(C)(C)C#N. The second-order valence-electron chi connectivity index (χ2n) is 3.89. The smallest absolute Gasteiger partial charge is 0.244 e. The van der Waals surface area contributed by atoms with Crippen molar-refractivity contribution < 1.29 is 9.53 Å². The van der Waals surface area contributed by atoms with E-state index in [0.717, 1.165) is 0 Å². The van der Waals surface area contributed by atoms with Gasteiger partial charge in [0.05, 0.1) is 18.9 Å². The van der Waals surface area contributed by atoms with E-state index in [4.69, 9.17) is 10.00 Å². The van der Waals surface area contributed by atoms with Gasteiger partial charge >= 0.3 is 0 Å². The molecule has 1 aromatic rings. The van der Waals surface area contributed by atoms with Crippen molar-refractivity contribution in [1.29, 1.82) is 5.26 Å². The van der Waals surface area contributed by atoms with Crippen LogP contribution >= 0.6 is 0 Å². The first-order valence-corrected chi connectivity index (χ1v) is 4.87. The van der Waals surface area contributed by atoms with E-state index in [1.165, 1.54) is 7.11 Å². The molecular formula is C12H14N2O2. The van der Waals surface area contributed by atoms with Crippen molar-refractivity contribution >= 4 is 11.6 Å². The first-order chi connectivity index (χ1) is 7.51. The van der Waals surface area contributed by atoms with Gasteiger partial charge in [0, 0.05) is 0 Å². The molecule has 4 nitrogen and oxygen atoms in total. The van der Waals surface area contributed by atoms with E-state index >= 15 is 0 Å². The number of anilines is 1. The number of nitriles is 1. The van der Waals surface area contributed by atoms with Crippen LogP contribution in [0.3, 0.4) is 0 Å². The molecule has 1 amide bonds. The molecule has 1 N–H and O–H groups in total. The maximum absolute atomic E-state index is 11.7. The first kappa shape index (κ1) is 12.1. The highest BCUT2D eigenvalue weighted by Gasteiger charge is 2.27. The number of hydrogen-bond acceptors (Lipinski definition) is 3. The molecule has 0 fully saturated rings. The zero-order valence-corrected chi connectivity index (χ0v) is 9.57. The lowest BCUT2D eigenvalue weighted by molar-refractivity contribution is -0.121. The Morgan fingerprint density at radius 3 is 2.62 bits per heavy atom. The number of benzene rings is 1. The van der Waals surface area contributed by atoms with Gasteiger partial charge in [0.15, 0.2) is 0 Å². The predicted octanol–water partition coefficient (Wildman–Crippen LogP) is 2.18. The molecule has 1 aromatic carbocycles. The van der Waals surface area contributed by atoms with Crippen LogP contribution in [0.25, 0.3) is 0 Å². The molecule has 4 heteroatoms. The van der Waals surface area contributed by atoms with Crippen molar-refractivity contribution in [3.05, 3.63) is 24.3 Å². The summed E-state index contributed by atoms with van der Waals surface area (Å²) < 4.78 is 5.09. The summed E-state index contributed by atoms with van der Waals surface area (Å²) in [5.74, 6) is 0.226. The van der Waals surface area contributed by atoms with Gasteiger partial charge in [-0.25, -0.2) is 0 Å². The van der Waals surface area contributed by atoms with Crippen LogP contribution in [0.4, 0.5) is 5.69 Å². The highest BCUT2D eigenvalue weighted by Crippen LogP contribution is 2.25. The van der Waals surface area contributed by atoms with Crippen molar-refractivity contribution in [3.8, 4) is 11.8 Å². The molecule has 0 aliphatic carbocycles. The molecule has 0 unspecified atom stereocenters. The monoisotopic (exact) mass is 218 g/mol. The molecule has 16 heavy (non-hydrogen) atoms. The molecule has 84 valence electrons. The average Bonchev–Trinajstić information content (AvgIpc) is 2.29. The number of nitrogens with zero attached hydrogens (tertiary/aromatic N) is 1. The molecule has 0 atom stereocenters. The number of methoxy groups -OCH3 is 1. The molecule has 0 aromatic heterocycles. The molecule has 0 heterocycles. The summed E-state index contributed by atoms with van der Waals surface area (Å²) in [6.07, 6.45) is 0. The van der Waals surface area contributed by atoms with Crippen LogP contribution in [0.5, 0.6) is 5.75 Å². The molecule has 0 aliphatic rings. The summed E-state index contributed by atoms with van der Waals surface area (Å²) in [6, 6.07) is 9.02. The summed E-state index contributed by atoms with van der Waals surface area (Å²) in [5.41, 5.74) is -0.487. The van der Waals surface area contributed by atoms with Crippen LogP contribution < -0.4 is 10.1 Å². The standard InChI is InChI=1S/C12H14N2O2/c1-12(2,8-13)11(15)14-9-6-4-5-7-10(9)16-3/h4-7H,1-3H3,(H,14,15). The Morgan fingerprint density at radius 2 is 2.06 bits per heavy atom. The number of amides is 1. The largest absolute Gasteiger partial charge is 0.495 e. The number of nitrogens with one attached hydrogen (secondary N) is 1. The number of hydrogen-bond donors (Lipinski definition) is 1.